The first kappa shape index (κ1) is 16.6. The number of nitrogens with one attached hydrogen (secondary N) is 1. The molecule has 0 aromatic carbocycles. The molecular weight excluding hydrogens is 346 g/mol. The van der Waals surface area contributed by atoms with Crippen molar-refractivity contribution < 1.29 is 9.53 Å². The molecule has 1 aliphatic heterocycles. The van der Waals surface area contributed by atoms with Crippen LogP contribution in [0.25, 0.3) is 0 Å². The fourth-order valence-corrected chi connectivity index (χ4v) is 3.48. The van der Waals surface area contributed by atoms with Gasteiger partial charge in [-0.1, -0.05) is 0 Å². The predicted octanol–water partition coefficient (Wildman–Crippen LogP) is 1.84. The fraction of sp³-hybridized carbons (Fsp3) is 0.333. The van der Waals surface area contributed by atoms with Crippen LogP contribution in [0, 0.1) is 0 Å². The molecule has 0 atom stereocenters. The average Bonchev–Trinajstić information content (AvgIpc) is 3.10. The van der Waals surface area contributed by atoms with Gasteiger partial charge in [-0.25, -0.2) is 14.8 Å². The highest BCUT2D eigenvalue weighted by atomic mass is 32.1. The highest BCUT2D eigenvalue weighted by Gasteiger charge is 2.22. The fourth-order valence-electron chi connectivity index (χ4n) is 2.42. The first-order valence-corrected chi connectivity index (χ1v) is 8.71. The molecule has 0 bridgehead atoms. The molecule has 9 heteroatoms. The van der Waals surface area contributed by atoms with E-state index >= 15 is 0 Å². The number of ether oxygens (including phenoxy) is 1. The lowest BCUT2D eigenvalue weighted by atomic mass is 10.3. The highest BCUT2D eigenvalue weighted by molar-refractivity contribution is 7.80. The minimum absolute atomic E-state index is 0.360. The monoisotopic (exact) mass is 363 g/mol. The molecule has 0 unspecified atom stereocenters. The molecule has 0 aliphatic carbocycles. The van der Waals surface area contributed by atoms with Gasteiger partial charge in [0.05, 0.1) is 12.8 Å². The maximum absolute atomic E-state index is 11.7. The zero-order valence-electron chi connectivity index (χ0n) is 13.1. The van der Waals surface area contributed by atoms with Gasteiger partial charge in [-0.15, -0.1) is 11.3 Å². The summed E-state index contributed by atoms with van der Waals surface area (Å²) < 4.78 is 4.78. The molecule has 2 aromatic heterocycles. The van der Waals surface area contributed by atoms with Gasteiger partial charge < -0.3 is 19.9 Å². The van der Waals surface area contributed by atoms with Gasteiger partial charge in [0.2, 0.25) is 5.95 Å². The summed E-state index contributed by atoms with van der Waals surface area (Å²) in [5.41, 5.74) is 0.686. The van der Waals surface area contributed by atoms with Gasteiger partial charge in [0.1, 0.15) is 4.88 Å². The number of anilines is 2. The number of piperazine rings is 1. The van der Waals surface area contributed by atoms with E-state index in [-0.39, 0.29) is 5.97 Å². The van der Waals surface area contributed by atoms with Crippen LogP contribution in [0.4, 0.5) is 11.6 Å². The van der Waals surface area contributed by atoms with Crippen molar-refractivity contribution in [2.45, 2.75) is 0 Å². The van der Waals surface area contributed by atoms with Crippen molar-refractivity contribution in [1.82, 2.24) is 14.9 Å². The van der Waals surface area contributed by atoms with Crippen molar-refractivity contribution in [2.24, 2.45) is 0 Å². The van der Waals surface area contributed by atoms with Crippen LogP contribution < -0.4 is 10.2 Å². The second kappa shape index (κ2) is 7.54. The smallest absolute Gasteiger partial charge is 0.350 e. The number of rotatable bonds is 3. The van der Waals surface area contributed by atoms with Gasteiger partial charge in [-0.2, -0.15) is 0 Å². The Hall–Kier alpha value is -2.26. The lowest BCUT2D eigenvalue weighted by molar-refractivity contribution is 0.0607. The number of aromatic nitrogens is 2. The maximum atomic E-state index is 11.7. The number of thiocarbonyl (C=S) groups is 1. The van der Waals surface area contributed by atoms with Crippen LogP contribution in [0.15, 0.2) is 29.9 Å². The zero-order valence-corrected chi connectivity index (χ0v) is 14.8. The minimum atomic E-state index is -0.360. The quantitative estimate of drug-likeness (QED) is 0.654. The summed E-state index contributed by atoms with van der Waals surface area (Å²) >= 11 is 6.81. The van der Waals surface area contributed by atoms with E-state index in [0.717, 1.165) is 32.1 Å². The van der Waals surface area contributed by atoms with Gasteiger partial charge in [-0.05, 0) is 29.7 Å². The first-order valence-electron chi connectivity index (χ1n) is 7.42. The van der Waals surface area contributed by atoms with E-state index in [2.05, 4.69) is 25.1 Å². The number of carbonyl (C=O) groups is 1. The summed E-state index contributed by atoms with van der Waals surface area (Å²) in [5.74, 6) is 0.378. The molecule has 0 spiro atoms. The van der Waals surface area contributed by atoms with E-state index < -0.39 is 0 Å². The second-order valence-corrected chi connectivity index (χ2v) is 6.41. The number of thiophene rings is 1. The third-order valence-corrected chi connectivity index (χ3v) is 4.93. The van der Waals surface area contributed by atoms with Crippen LogP contribution >= 0.6 is 23.6 Å². The van der Waals surface area contributed by atoms with Gasteiger partial charge in [0.15, 0.2) is 5.11 Å². The van der Waals surface area contributed by atoms with Crippen molar-refractivity contribution in [3.05, 3.63) is 34.8 Å². The summed E-state index contributed by atoms with van der Waals surface area (Å²) in [4.78, 5) is 25.0. The van der Waals surface area contributed by atoms with Crippen LogP contribution in [-0.4, -0.2) is 59.2 Å². The van der Waals surface area contributed by atoms with Crippen LogP contribution in [0.5, 0.6) is 0 Å². The highest BCUT2D eigenvalue weighted by Crippen LogP contribution is 2.23. The van der Waals surface area contributed by atoms with E-state index in [9.17, 15) is 4.79 Å². The second-order valence-electron chi connectivity index (χ2n) is 5.11. The van der Waals surface area contributed by atoms with Crippen molar-refractivity contribution in [3.8, 4) is 0 Å². The number of methoxy groups -OCH3 is 1. The van der Waals surface area contributed by atoms with E-state index in [0.29, 0.717) is 15.7 Å². The molecule has 1 saturated heterocycles. The Balaban J connectivity index is 1.58. The molecule has 7 nitrogen and oxygen atoms in total. The Morgan fingerprint density at radius 2 is 2.00 bits per heavy atom. The molecule has 1 aliphatic rings. The van der Waals surface area contributed by atoms with Gasteiger partial charge >= 0.3 is 5.97 Å². The van der Waals surface area contributed by atoms with Gasteiger partial charge in [0, 0.05) is 38.6 Å². The summed E-state index contributed by atoms with van der Waals surface area (Å²) in [6, 6.07) is 3.63. The Bertz CT molecular complexity index is 714. The predicted molar refractivity (Wildman–Crippen MR) is 97.7 cm³/mol. The number of carbonyl (C=O) groups excluding carboxylic acids is 1. The van der Waals surface area contributed by atoms with Crippen molar-refractivity contribution in [3.63, 3.8) is 0 Å². The molecule has 0 saturated carbocycles. The molecule has 3 heterocycles. The molecule has 1 fully saturated rings. The van der Waals surface area contributed by atoms with E-state index in [1.54, 1.807) is 18.5 Å². The molecule has 126 valence electrons. The topological polar surface area (TPSA) is 70.6 Å². The lowest BCUT2D eigenvalue weighted by Crippen LogP contribution is -2.50. The standard InChI is InChI=1S/C15H17N5O2S2/c1-22-13(21)12-11(3-10-24-12)18-15(23)20-8-6-19(7-9-20)14-16-4-2-5-17-14/h2-5,10H,6-9H2,1H3,(H,18,23). The Kier molecular flexibility index (Phi) is 5.21. The summed E-state index contributed by atoms with van der Waals surface area (Å²) in [6.45, 7) is 3.11. The van der Waals surface area contributed by atoms with E-state index in [1.807, 2.05) is 11.4 Å². The molecular formula is C15H17N5O2S2. The van der Waals surface area contributed by atoms with Crippen LogP contribution in [0.2, 0.25) is 0 Å². The molecule has 1 N–H and O–H groups in total. The average molecular weight is 363 g/mol. The van der Waals surface area contributed by atoms with Gasteiger partial charge in [0.25, 0.3) is 0 Å². The SMILES string of the molecule is COC(=O)c1sccc1NC(=S)N1CCN(c2ncccn2)CC1. The maximum Gasteiger partial charge on any atom is 0.350 e. The number of hydrogen-bond acceptors (Lipinski definition) is 7. The van der Waals surface area contributed by atoms with Gasteiger partial charge in [-0.3, -0.25) is 0 Å². The molecule has 0 amide bonds. The number of hydrogen-bond donors (Lipinski definition) is 1. The van der Waals surface area contributed by atoms with Crippen LogP contribution in [0.3, 0.4) is 0 Å². The summed E-state index contributed by atoms with van der Waals surface area (Å²) in [6.07, 6.45) is 3.48. The normalized spacial score (nSPS) is 14.4. The molecule has 2 aromatic rings. The van der Waals surface area contributed by atoms with Crippen molar-refractivity contribution in [2.75, 3.05) is 43.5 Å². The summed E-state index contributed by atoms with van der Waals surface area (Å²) in [7, 11) is 1.37. The Labute approximate surface area is 149 Å². The van der Waals surface area contributed by atoms with Crippen LogP contribution in [0.1, 0.15) is 9.67 Å². The minimum Gasteiger partial charge on any atom is -0.465 e. The Morgan fingerprint density at radius 1 is 1.29 bits per heavy atom. The molecule has 3 rings (SSSR count). The molecule has 0 radical (unpaired) electrons. The first-order chi connectivity index (χ1) is 11.7. The summed E-state index contributed by atoms with van der Waals surface area (Å²) in [5, 5.41) is 5.59. The zero-order chi connectivity index (χ0) is 16.9. The van der Waals surface area contributed by atoms with Crippen molar-refractivity contribution >= 4 is 46.3 Å². The third-order valence-electron chi connectivity index (χ3n) is 3.68. The Morgan fingerprint density at radius 3 is 2.67 bits per heavy atom. The lowest BCUT2D eigenvalue weighted by Gasteiger charge is -2.36. The van der Waals surface area contributed by atoms with Crippen LogP contribution in [-0.2, 0) is 4.74 Å². The number of nitrogens with zero attached hydrogens (tertiary/aromatic N) is 4. The van der Waals surface area contributed by atoms with E-state index in [1.165, 1.54) is 18.4 Å². The molecule has 24 heavy (non-hydrogen) atoms. The largest absolute Gasteiger partial charge is 0.465 e. The number of esters is 1. The van der Waals surface area contributed by atoms with Crippen molar-refractivity contribution in [1.29, 1.82) is 0 Å². The third kappa shape index (κ3) is 3.62. The van der Waals surface area contributed by atoms with E-state index in [4.69, 9.17) is 17.0 Å².